The van der Waals surface area contributed by atoms with Crippen molar-refractivity contribution in [2.24, 2.45) is 0 Å². The Morgan fingerprint density at radius 1 is 1.07 bits per heavy atom. The molecule has 0 atom stereocenters. The fourth-order valence-corrected chi connectivity index (χ4v) is 1.88. The summed E-state index contributed by atoms with van der Waals surface area (Å²) in [6, 6.07) is 11.8. The van der Waals surface area contributed by atoms with E-state index >= 15 is 0 Å². The first-order valence-electron chi connectivity index (χ1n) is 5.02. The monoisotopic (exact) mass is 186 g/mol. The summed E-state index contributed by atoms with van der Waals surface area (Å²) in [5.41, 5.74) is 1.24. The smallest absolute Gasteiger partial charge is 0.123 e. The number of fused-ring (bicyclic) bond motifs is 1. The van der Waals surface area contributed by atoms with Crippen molar-refractivity contribution in [2.45, 2.75) is 19.8 Å². The second-order valence-electron chi connectivity index (χ2n) is 3.54. The molecule has 14 heavy (non-hydrogen) atoms. The highest BCUT2D eigenvalue weighted by Gasteiger charge is 2.03. The second kappa shape index (κ2) is 3.70. The lowest BCUT2D eigenvalue weighted by Crippen LogP contribution is -1.85. The number of benzene rings is 2. The molecular formula is C13H14O. The minimum absolute atomic E-state index is 0.395. The molecule has 0 spiro atoms. The van der Waals surface area contributed by atoms with Gasteiger partial charge in [-0.25, -0.2) is 0 Å². The van der Waals surface area contributed by atoms with Gasteiger partial charge in [0.05, 0.1) is 0 Å². The van der Waals surface area contributed by atoms with E-state index in [1.165, 1.54) is 5.56 Å². The number of rotatable bonds is 2. The zero-order chi connectivity index (χ0) is 9.97. The van der Waals surface area contributed by atoms with Gasteiger partial charge in [0, 0.05) is 5.39 Å². The standard InChI is InChI=1S/C13H14O/c1-2-5-10-6-3-7-11-8-4-9-12(14)13(10)11/h3-4,6-9,14H,2,5H2,1H3. The summed E-state index contributed by atoms with van der Waals surface area (Å²) in [4.78, 5) is 0. The van der Waals surface area contributed by atoms with Gasteiger partial charge in [-0.3, -0.25) is 0 Å². The number of hydrogen-bond acceptors (Lipinski definition) is 1. The van der Waals surface area contributed by atoms with Crippen LogP contribution in [0.2, 0.25) is 0 Å². The summed E-state index contributed by atoms with van der Waals surface area (Å²) in [5.74, 6) is 0.395. The van der Waals surface area contributed by atoms with Crippen LogP contribution in [0.5, 0.6) is 5.75 Å². The molecule has 1 nitrogen and oxygen atoms in total. The summed E-state index contributed by atoms with van der Waals surface area (Å²) in [7, 11) is 0. The van der Waals surface area contributed by atoms with E-state index in [4.69, 9.17) is 0 Å². The zero-order valence-corrected chi connectivity index (χ0v) is 8.33. The van der Waals surface area contributed by atoms with Crippen LogP contribution in [0.4, 0.5) is 0 Å². The zero-order valence-electron chi connectivity index (χ0n) is 8.33. The fraction of sp³-hybridized carbons (Fsp3) is 0.231. The lowest BCUT2D eigenvalue weighted by atomic mass is 10.0. The van der Waals surface area contributed by atoms with Gasteiger partial charge in [0.15, 0.2) is 0 Å². The number of hydrogen-bond donors (Lipinski definition) is 1. The molecule has 0 bridgehead atoms. The van der Waals surface area contributed by atoms with Crippen LogP contribution in [0, 0.1) is 0 Å². The highest BCUT2D eigenvalue weighted by molar-refractivity contribution is 5.91. The van der Waals surface area contributed by atoms with Crippen molar-refractivity contribution < 1.29 is 5.11 Å². The number of aryl methyl sites for hydroxylation is 1. The molecule has 1 heteroatoms. The van der Waals surface area contributed by atoms with Gasteiger partial charge in [0.1, 0.15) is 5.75 Å². The third kappa shape index (κ3) is 1.46. The van der Waals surface area contributed by atoms with E-state index in [-0.39, 0.29) is 0 Å². The van der Waals surface area contributed by atoms with E-state index in [1.807, 2.05) is 24.3 Å². The van der Waals surface area contributed by atoms with Crippen molar-refractivity contribution in [3.8, 4) is 5.75 Å². The van der Waals surface area contributed by atoms with E-state index in [2.05, 4.69) is 13.0 Å². The highest BCUT2D eigenvalue weighted by Crippen LogP contribution is 2.28. The predicted molar refractivity (Wildman–Crippen MR) is 59.6 cm³/mol. The Morgan fingerprint density at radius 3 is 2.50 bits per heavy atom. The Kier molecular flexibility index (Phi) is 2.40. The van der Waals surface area contributed by atoms with Crippen LogP contribution in [0.25, 0.3) is 10.8 Å². The van der Waals surface area contributed by atoms with Gasteiger partial charge < -0.3 is 5.11 Å². The highest BCUT2D eigenvalue weighted by atomic mass is 16.3. The predicted octanol–water partition coefficient (Wildman–Crippen LogP) is 3.50. The Hall–Kier alpha value is -1.50. The van der Waals surface area contributed by atoms with Crippen LogP contribution in [0.3, 0.4) is 0 Å². The van der Waals surface area contributed by atoms with Crippen molar-refractivity contribution in [3.05, 3.63) is 42.0 Å². The molecule has 2 aromatic carbocycles. The van der Waals surface area contributed by atoms with Gasteiger partial charge in [-0.1, -0.05) is 43.7 Å². The lowest BCUT2D eigenvalue weighted by molar-refractivity contribution is 0.481. The first-order chi connectivity index (χ1) is 6.83. The summed E-state index contributed by atoms with van der Waals surface area (Å²) < 4.78 is 0. The summed E-state index contributed by atoms with van der Waals surface area (Å²) >= 11 is 0. The Labute approximate surface area is 84.0 Å². The average molecular weight is 186 g/mol. The van der Waals surface area contributed by atoms with Gasteiger partial charge in [0.25, 0.3) is 0 Å². The quantitative estimate of drug-likeness (QED) is 0.761. The summed E-state index contributed by atoms with van der Waals surface area (Å²) in [5, 5.41) is 11.9. The molecule has 0 unspecified atom stereocenters. The van der Waals surface area contributed by atoms with E-state index in [0.717, 1.165) is 23.6 Å². The molecule has 0 saturated heterocycles. The topological polar surface area (TPSA) is 20.2 Å². The van der Waals surface area contributed by atoms with Crippen molar-refractivity contribution in [1.29, 1.82) is 0 Å². The molecule has 0 saturated carbocycles. The molecule has 2 rings (SSSR count). The van der Waals surface area contributed by atoms with Crippen molar-refractivity contribution in [2.75, 3.05) is 0 Å². The molecule has 72 valence electrons. The van der Waals surface area contributed by atoms with Gasteiger partial charge in [-0.2, -0.15) is 0 Å². The van der Waals surface area contributed by atoms with Gasteiger partial charge in [-0.15, -0.1) is 0 Å². The largest absolute Gasteiger partial charge is 0.507 e. The fourth-order valence-electron chi connectivity index (χ4n) is 1.88. The molecule has 0 aliphatic carbocycles. The van der Waals surface area contributed by atoms with Crippen LogP contribution in [0.1, 0.15) is 18.9 Å². The van der Waals surface area contributed by atoms with Crippen molar-refractivity contribution >= 4 is 10.8 Å². The van der Waals surface area contributed by atoms with Gasteiger partial charge in [-0.05, 0) is 23.4 Å². The third-order valence-corrected chi connectivity index (χ3v) is 2.49. The van der Waals surface area contributed by atoms with Crippen LogP contribution >= 0.6 is 0 Å². The maximum atomic E-state index is 9.78. The molecule has 0 heterocycles. The maximum Gasteiger partial charge on any atom is 0.123 e. The average Bonchev–Trinajstić information content (AvgIpc) is 2.19. The van der Waals surface area contributed by atoms with Gasteiger partial charge in [0.2, 0.25) is 0 Å². The number of phenols is 1. The molecular weight excluding hydrogens is 172 g/mol. The molecule has 2 aromatic rings. The van der Waals surface area contributed by atoms with E-state index in [9.17, 15) is 5.11 Å². The first-order valence-corrected chi connectivity index (χ1v) is 5.02. The molecule has 0 radical (unpaired) electrons. The third-order valence-electron chi connectivity index (χ3n) is 2.49. The molecule has 0 amide bonds. The summed E-state index contributed by atoms with van der Waals surface area (Å²) in [6.07, 6.45) is 2.13. The van der Waals surface area contributed by atoms with Crippen LogP contribution in [-0.4, -0.2) is 5.11 Å². The second-order valence-corrected chi connectivity index (χ2v) is 3.54. The Balaban J connectivity index is 2.71. The lowest BCUT2D eigenvalue weighted by Gasteiger charge is -2.06. The minimum Gasteiger partial charge on any atom is -0.507 e. The molecule has 0 aliphatic heterocycles. The maximum absolute atomic E-state index is 9.78. The van der Waals surface area contributed by atoms with E-state index < -0.39 is 0 Å². The van der Waals surface area contributed by atoms with Crippen LogP contribution in [-0.2, 0) is 6.42 Å². The SMILES string of the molecule is CCCc1cccc2cccc(O)c12. The first kappa shape index (κ1) is 9.07. The van der Waals surface area contributed by atoms with Crippen LogP contribution in [0.15, 0.2) is 36.4 Å². The van der Waals surface area contributed by atoms with Crippen molar-refractivity contribution in [1.82, 2.24) is 0 Å². The Morgan fingerprint density at radius 2 is 1.79 bits per heavy atom. The normalized spacial score (nSPS) is 10.6. The molecule has 0 aliphatic rings. The minimum atomic E-state index is 0.395. The molecule has 1 N–H and O–H groups in total. The Bertz CT molecular complexity index is 441. The molecule has 0 fully saturated rings. The molecule has 0 aromatic heterocycles. The van der Waals surface area contributed by atoms with Gasteiger partial charge >= 0.3 is 0 Å². The van der Waals surface area contributed by atoms with E-state index in [0.29, 0.717) is 5.75 Å². The number of phenolic OH excluding ortho intramolecular Hbond substituents is 1. The summed E-state index contributed by atoms with van der Waals surface area (Å²) in [6.45, 7) is 2.15. The van der Waals surface area contributed by atoms with Crippen LogP contribution < -0.4 is 0 Å². The number of aromatic hydroxyl groups is 1. The van der Waals surface area contributed by atoms with E-state index in [1.54, 1.807) is 6.07 Å². The van der Waals surface area contributed by atoms with Crippen molar-refractivity contribution in [3.63, 3.8) is 0 Å².